The second-order valence-corrected chi connectivity index (χ2v) is 14.2. The molecular weight excluding hydrogens is 673 g/mol. The van der Waals surface area contributed by atoms with Crippen molar-refractivity contribution >= 4 is 76.6 Å². The van der Waals surface area contributed by atoms with Gasteiger partial charge in [0.25, 0.3) is 0 Å². The van der Waals surface area contributed by atoms with Crippen molar-refractivity contribution in [2.75, 3.05) is 0 Å². The number of aromatic nitrogens is 4. The lowest BCUT2D eigenvalue weighted by Crippen LogP contribution is -1.95. The molecule has 55 heavy (non-hydrogen) atoms. The first-order chi connectivity index (χ1) is 27.3. The molecule has 12 aromatic rings. The normalized spacial score (nSPS) is 12.0. The van der Waals surface area contributed by atoms with E-state index in [4.69, 9.17) is 14.4 Å². The second-order valence-electron chi connectivity index (χ2n) is 14.2. The third kappa shape index (κ3) is 4.47. The van der Waals surface area contributed by atoms with E-state index in [-0.39, 0.29) is 0 Å². The van der Waals surface area contributed by atoms with Crippen molar-refractivity contribution in [3.8, 4) is 33.8 Å². The summed E-state index contributed by atoms with van der Waals surface area (Å²) in [6.07, 6.45) is 1.82. The number of benzene rings is 8. The Hall–Kier alpha value is -7.50. The molecule has 0 aliphatic heterocycles. The number of nitrogens with zero attached hydrogens (tertiary/aromatic N) is 4. The number of fused-ring (bicyclic) bond motifs is 11. The number of hydrogen-bond donors (Lipinski definition) is 0. The highest BCUT2D eigenvalue weighted by Gasteiger charge is 2.18. The van der Waals surface area contributed by atoms with Gasteiger partial charge in [-0.15, -0.1) is 0 Å². The maximum atomic E-state index is 6.17. The minimum Gasteiger partial charge on any atom is -0.436 e. The average molecular weight is 703 g/mol. The number of furan rings is 1. The molecule has 0 fully saturated rings. The van der Waals surface area contributed by atoms with Crippen LogP contribution in [-0.2, 0) is 0 Å². The summed E-state index contributed by atoms with van der Waals surface area (Å²) in [5.74, 6) is 0. The van der Waals surface area contributed by atoms with Gasteiger partial charge in [-0.1, -0.05) is 115 Å². The van der Waals surface area contributed by atoms with Crippen molar-refractivity contribution in [3.05, 3.63) is 182 Å². The summed E-state index contributed by atoms with van der Waals surface area (Å²) in [6, 6.07) is 62.8. The van der Waals surface area contributed by atoms with Crippen LogP contribution < -0.4 is 0 Å². The molecule has 4 aromatic heterocycles. The Bertz CT molecular complexity index is 3500. The van der Waals surface area contributed by atoms with E-state index in [0.29, 0.717) is 5.71 Å². The highest BCUT2D eigenvalue weighted by molar-refractivity contribution is 6.17. The molecule has 8 aromatic carbocycles. The first kappa shape index (κ1) is 30.0. The van der Waals surface area contributed by atoms with Crippen molar-refractivity contribution in [1.82, 2.24) is 19.1 Å². The van der Waals surface area contributed by atoms with Crippen LogP contribution in [0.5, 0.6) is 0 Å². The summed E-state index contributed by atoms with van der Waals surface area (Å²) in [4.78, 5) is 9.95. The molecule has 5 nitrogen and oxygen atoms in total. The fourth-order valence-corrected chi connectivity index (χ4v) is 8.68. The third-order valence-electron chi connectivity index (χ3n) is 11.2. The molecule has 0 spiro atoms. The molecule has 0 saturated heterocycles. The van der Waals surface area contributed by atoms with Crippen molar-refractivity contribution in [1.29, 1.82) is 0 Å². The highest BCUT2D eigenvalue weighted by atomic mass is 16.3. The van der Waals surface area contributed by atoms with Crippen molar-refractivity contribution in [3.63, 3.8) is 0 Å². The van der Waals surface area contributed by atoms with Crippen LogP contribution >= 0.6 is 0 Å². The summed E-state index contributed by atoms with van der Waals surface area (Å²) in [6.45, 7) is 0. The lowest BCUT2D eigenvalue weighted by Gasteiger charge is -2.11. The largest absolute Gasteiger partial charge is 0.436 e. The van der Waals surface area contributed by atoms with Crippen molar-refractivity contribution < 1.29 is 4.42 Å². The lowest BCUT2D eigenvalue weighted by molar-refractivity contribution is 0.653. The maximum absolute atomic E-state index is 6.17. The molecular formula is C50H30N4O. The van der Waals surface area contributed by atoms with Crippen LogP contribution in [0.15, 0.2) is 187 Å². The van der Waals surface area contributed by atoms with Gasteiger partial charge in [-0.05, 0) is 82.6 Å². The molecule has 0 saturated carbocycles. The highest BCUT2D eigenvalue weighted by Crippen LogP contribution is 2.39. The Labute approximate surface area is 315 Å². The quantitative estimate of drug-likeness (QED) is 0.183. The molecule has 0 amide bonds. The molecule has 0 bridgehead atoms. The topological polar surface area (TPSA) is 48.8 Å². The van der Waals surface area contributed by atoms with Crippen LogP contribution in [0.1, 0.15) is 0 Å². The molecule has 0 aliphatic rings. The van der Waals surface area contributed by atoms with E-state index in [9.17, 15) is 0 Å². The summed E-state index contributed by atoms with van der Waals surface area (Å²) >= 11 is 0. The average Bonchev–Trinajstić information content (AvgIpc) is 3.91. The van der Waals surface area contributed by atoms with Gasteiger partial charge < -0.3 is 13.6 Å². The SMILES string of the molecule is c1ccc(-n2c3ccccc3c3cc(-c4ccc5c6ccccc6n(-c6cccc(-c7cnc8oc9ccc%10ccccc%10c9c8n7)c6)c5c4)ccc32)cc1. The first-order valence-corrected chi connectivity index (χ1v) is 18.6. The van der Waals surface area contributed by atoms with Crippen LogP contribution in [0.3, 0.4) is 0 Å². The summed E-state index contributed by atoms with van der Waals surface area (Å²) < 4.78 is 10.9. The van der Waals surface area contributed by atoms with E-state index in [0.717, 1.165) is 60.9 Å². The van der Waals surface area contributed by atoms with Gasteiger partial charge in [0.2, 0.25) is 5.71 Å². The van der Waals surface area contributed by atoms with Gasteiger partial charge in [0.1, 0.15) is 11.1 Å². The zero-order valence-corrected chi connectivity index (χ0v) is 29.5. The summed E-state index contributed by atoms with van der Waals surface area (Å²) in [7, 11) is 0. The van der Waals surface area contributed by atoms with Gasteiger partial charge in [-0.25, -0.2) is 9.97 Å². The van der Waals surface area contributed by atoms with E-state index in [1.807, 2.05) is 12.3 Å². The van der Waals surface area contributed by atoms with Crippen LogP contribution in [0.4, 0.5) is 0 Å². The van der Waals surface area contributed by atoms with Gasteiger partial charge in [-0.3, -0.25) is 0 Å². The third-order valence-corrected chi connectivity index (χ3v) is 11.2. The molecule has 0 aliphatic carbocycles. The summed E-state index contributed by atoms with van der Waals surface area (Å²) in [5.41, 5.74) is 13.2. The number of para-hydroxylation sites is 3. The predicted octanol–water partition coefficient (Wildman–Crippen LogP) is 13.1. The fourth-order valence-electron chi connectivity index (χ4n) is 8.68. The minimum atomic E-state index is 0.545. The number of hydrogen-bond acceptors (Lipinski definition) is 3. The van der Waals surface area contributed by atoms with Gasteiger partial charge >= 0.3 is 0 Å². The van der Waals surface area contributed by atoms with Gasteiger partial charge in [0, 0.05) is 38.5 Å². The molecule has 256 valence electrons. The maximum Gasteiger partial charge on any atom is 0.246 e. The molecule has 5 heteroatoms. The molecule has 0 unspecified atom stereocenters. The van der Waals surface area contributed by atoms with E-state index in [1.165, 1.54) is 43.7 Å². The Balaban J connectivity index is 1.02. The Morgan fingerprint density at radius 3 is 1.93 bits per heavy atom. The second kappa shape index (κ2) is 11.5. The van der Waals surface area contributed by atoms with Crippen LogP contribution in [0.25, 0.3) is 110 Å². The van der Waals surface area contributed by atoms with Gasteiger partial charge in [-0.2, -0.15) is 0 Å². The van der Waals surface area contributed by atoms with Crippen molar-refractivity contribution in [2.24, 2.45) is 0 Å². The van der Waals surface area contributed by atoms with E-state index < -0.39 is 0 Å². The zero-order chi connectivity index (χ0) is 36.0. The minimum absolute atomic E-state index is 0.545. The van der Waals surface area contributed by atoms with E-state index in [1.54, 1.807) is 0 Å². The van der Waals surface area contributed by atoms with Crippen LogP contribution in [0, 0.1) is 0 Å². The van der Waals surface area contributed by atoms with Gasteiger partial charge in [0.15, 0.2) is 0 Å². The molecule has 0 radical (unpaired) electrons. The number of rotatable bonds is 4. The first-order valence-electron chi connectivity index (χ1n) is 18.6. The molecule has 12 rings (SSSR count). The predicted molar refractivity (Wildman–Crippen MR) is 226 cm³/mol. The Morgan fingerprint density at radius 2 is 1.07 bits per heavy atom. The Morgan fingerprint density at radius 1 is 0.418 bits per heavy atom. The molecule has 0 atom stereocenters. The molecule has 0 N–H and O–H groups in total. The fraction of sp³-hybridized carbons (Fsp3) is 0. The van der Waals surface area contributed by atoms with Crippen molar-refractivity contribution in [2.45, 2.75) is 0 Å². The molecule has 4 heterocycles. The van der Waals surface area contributed by atoms with Crippen LogP contribution in [0.2, 0.25) is 0 Å². The smallest absolute Gasteiger partial charge is 0.246 e. The van der Waals surface area contributed by atoms with Gasteiger partial charge in [0.05, 0.1) is 39.3 Å². The summed E-state index contributed by atoms with van der Waals surface area (Å²) in [5, 5.41) is 8.17. The standard InChI is InChI=1S/C50H30N4O/c1-2-13-35(14-3-1)53-44-20-9-7-18-39(44)41-28-32(22-25-45(41)53)33-21-24-40-38-17-6-8-19-43(38)54(46(40)29-33)36-15-10-12-34(27-36)42-30-51-50-49(52-42)48-37-16-5-4-11-31(37)23-26-47(48)55-50/h1-30H. The lowest BCUT2D eigenvalue weighted by atomic mass is 10.0. The zero-order valence-electron chi connectivity index (χ0n) is 29.5. The van der Waals surface area contributed by atoms with E-state index >= 15 is 0 Å². The van der Waals surface area contributed by atoms with E-state index in [2.05, 4.69) is 179 Å². The Kier molecular flexibility index (Phi) is 6.27. The van der Waals surface area contributed by atoms with Crippen LogP contribution in [-0.4, -0.2) is 19.1 Å². The monoisotopic (exact) mass is 702 g/mol.